The fraction of sp³-hybridized carbons (Fsp3) is 0.278. The number of rotatable bonds is 6. The van der Waals surface area contributed by atoms with E-state index in [1.807, 2.05) is 19.9 Å². The SMILES string of the molecule is CC(C)C(=O)Nc1ccc(C(=O)C(C)Sc2ncc(C#N)c(N)n2)cc1. The number of nitrogens with zero attached hydrogens (tertiary/aromatic N) is 3. The number of ketones is 1. The number of thioether (sulfide) groups is 1. The number of benzene rings is 1. The lowest BCUT2D eigenvalue weighted by molar-refractivity contribution is -0.118. The van der Waals surface area contributed by atoms with Gasteiger partial charge >= 0.3 is 0 Å². The Balaban J connectivity index is 2.05. The zero-order valence-electron chi connectivity index (χ0n) is 14.7. The lowest BCUT2D eigenvalue weighted by Gasteiger charge is -2.11. The number of nitrogen functional groups attached to an aromatic ring is 1. The standard InChI is InChI=1S/C18H19N5O2S/c1-10(2)17(25)22-14-6-4-12(5-7-14)15(24)11(3)26-18-21-9-13(8-19)16(20)23-18/h4-7,9-11H,1-3H3,(H,22,25)(H2,20,21,23). The van der Waals surface area contributed by atoms with Crippen molar-refractivity contribution in [1.82, 2.24) is 9.97 Å². The number of amides is 1. The summed E-state index contributed by atoms with van der Waals surface area (Å²) in [6, 6.07) is 8.62. The van der Waals surface area contributed by atoms with Gasteiger partial charge < -0.3 is 11.1 Å². The van der Waals surface area contributed by atoms with Crippen molar-refractivity contribution in [3.63, 3.8) is 0 Å². The van der Waals surface area contributed by atoms with Gasteiger partial charge in [-0.05, 0) is 31.2 Å². The molecule has 1 aromatic heterocycles. The topological polar surface area (TPSA) is 122 Å². The third kappa shape index (κ3) is 4.80. The zero-order valence-corrected chi connectivity index (χ0v) is 15.5. The second-order valence-electron chi connectivity index (χ2n) is 5.91. The van der Waals surface area contributed by atoms with E-state index in [9.17, 15) is 9.59 Å². The summed E-state index contributed by atoms with van der Waals surface area (Å²) in [5, 5.41) is 11.5. The molecule has 1 unspecified atom stereocenters. The molecule has 2 aromatic rings. The fourth-order valence-corrected chi connectivity index (χ4v) is 2.80. The van der Waals surface area contributed by atoms with Crippen LogP contribution in [0.5, 0.6) is 0 Å². The summed E-state index contributed by atoms with van der Waals surface area (Å²) in [6.45, 7) is 5.37. The molecule has 26 heavy (non-hydrogen) atoms. The summed E-state index contributed by atoms with van der Waals surface area (Å²) >= 11 is 1.17. The van der Waals surface area contributed by atoms with Gasteiger partial charge in [-0.15, -0.1) is 0 Å². The van der Waals surface area contributed by atoms with Gasteiger partial charge in [0.2, 0.25) is 5.91 Å². The number of Topliss-reactive ketones (excluding diaryl/α,β-unsaturated/α-hetero) is 1. The number of anilines is 2. The fourth-order valence-electron chi connectivity index (χ4n) is 1.97. The monoisotopic (exact) mass is 369 g/mol. The second-order valence-corrected chi connectivity index (χ2v) is 7.22. The van der Waals surface area contributed by atoms with Gasteiger partial charge in [0, 0.05) is 17.2 Å². The molecule has 2 rings (SSSR count). The van der Waals surface area contributed by atoms with Gasteiger partial charge in [0.15, 0.2) is 10.9 Å². The first-order valence-electron chi connectivity index (χ1n) is 7.96. The Morgan fingerprint density at radius 3 is 2.42 bits per heavy atom. The van der Waals surface area contributed by atoms with Crippen molar-refractivity contribution in [2.45, 2.75) is 31.2 Å². The molecule has 0 bridgehead atoms. The minimum atomic E-state index is -0.432. The normalized spacial score (nSPS) is 11.7. The maximum Gasteiger partial charge on any atom is 0.226 e. The first-order valence-corrected chi connectivity index (χ1v) is 8.84. The lowest BCUT2D eigenvalue weighted by atomic mass is 10.1. The van der Waals surface area contributed by atoms with Crippen LogP contribution >= 0.6 is 11.8 Å². The molecule has 0 aliphatic rings. The predicted octanol–water partition coefficient (Wildman–Crippen LogP) is 2.89. The van der Waals surface area contributed by atoms with Gasteiger partial charge in [-0.25, -0.2) is 9.97 Å². The third-order valence-corrected chi connectivity index (χ3v) is 4.50. The maximum absolute atomic E-state index is 12.6. The van der Waals surface area contributed by atoms with Crippen LogP contribution in [0.3, 0.4) is 0 Å². The molecule has 8 heteroatoms. The van der Waals surface area contributed by atoms with Crippen LogP contribution in [0.4, 0.5) is 11.5 Å². The largest absolute Gasteiger partial charge is 0.382 e. The van der Waals surface area contributed by atoms with E-state index in [-0.39, 0.29) is 29.0 Å². The number of carbonyl (C=O) groups excluding carboxylic acids is 2. The van der Waals surface area contributed by atoms with Gasteiger partial charge in [-0.1, -0.05) is 25.6 Å². The van der Waals surface area contributed by atoms with Crippen LogP contribution in [-0.4, -0.2) is 26.9 Å². The molecule has 0 saturated carbocycles. The lowest BCUT2D eigenvalue weighted by Crippen LogP contribution is -2.18. The number of nitrogens with two attached hydrogens (primary N) is 1. The van der Waals surface area contributed by atoms with Gasteiger partial charge in [0.1, 0.15) is 17.5 Å². The smallest absolute Gasteiger partial charge is 0.226 e. The predicted molar refractivity (Wildman–Crippen MR) is 101 cm³/mol. The Bertz CT molecular complexity index is 859. The highest BCUT2D eigenvalue weighted by Gasteiger charge is 2.18. The van der Waals surface area contributed by atoms with Crippen LogP contribution in [-0.2, 0) is 4.79 Å². The zero-order chi connectivity index (χ0) is 19.3. The molecular weight excluding hydrogens is 350 g/mol. The Labute approximate surface area is 156 Å². The number of nitrogens with one attached hydrogen (secondary N) is 1. The molecule has 7 nitrogen and oxygen atoms in total. The highest BCUT2D eigenvalue weighted by atomic mass is 32.2. The summed E-state index contributed by atoms with van der Waals surface area (Å²) in [4.78, 5) is 32.3. The molecule has 0 aliphatic heterocycles. The highest BCUT2D eigenvalue weighted by Crippen LogP contribution is 2.24. The van der Waals surface area contributed by atoms with E-state index in [0.29, 0.717) is 16.4 Å². The number of nitriles is 1. The van der Waals surface area contributed by atoms with Crippen LogP contribution < -0.4 is 11.1 Å². The first kappa shape index (κ1) is 19.4. The average molecular weight is 369 g/mol. The van der Waals surface area contributed by atoms with E-state index >= 15 is 0 Å². The summed E-state index contributed by atoms with van der Waals surface area (Å²) < 4.78 is 0. The molecule has 0 fully saturated rings. The van der Waals surface area contributed by atoms with E-state index in [1.54, 1.807) is 31.2 Å². The number of carbonyl (C=O) groups is 2. The van der Waals surface area contributed by atoms with Crippen molar-refractivity contribution in [2.75, 3.05) is 11.1 Å². The average Bonchev–Trinajstić information content (AvgIpc) is 2.61. The van der Waals surface area contributed by atoms with E-state index in [0.717, 1.165) is 0 Å². The Morgan fingerprint density at radius 2 is 1.88 bits per heavy atom. The van der Waals surface area contributed by atoms with Crippen molar-refractivity contribution < 1.29 is 9.59 Å². The van der Waals surface area contributed by atoms with Gasteiger partial charge in [0.05, 0.1) is 11.4 Å². The van der Waals surface area contributed by atoms with Crippen molar-refractivity contribution in [1.29, 1.82) is 5.26 Å². The van der Waals surface area contributed by atoms with Crippen LogP contribution in [0, 0.1) is 17.2 Å². The van der Waals surface area contributed by atoms with Gasteiger partial charge in [-0.2, -0.15) is 5.26 Å². The van der Waals surface area contributed by atoms with Gasteiger partial charge in [-0.3, -0.25) is 9.59 Å². The van der Waals surface area contributed by atoms with Crippen molar-refractivity contribution in [3.8, 4) is 6.07 Å². The summed E-state index contributed by atoms with van der Waals surface area (Å²) in [7, 11) is 0. The molecular formula is C18H19N5O2S. The Kier molecular flexibility index (Phi) is 6.31. The third-order valence-electron chi connectivity index (χ3n) is 3.53. The molecule has 1 atom stereocenters. The molecule has 134 valence electrons. The molecule has 0 spiro atoms. The molecule has 0 aliphatic carbocycles. The number of aromatic nitrogens is 2. The highest BCUT2D eigenvalue weighted by molar-refractivity contribution is 8.00. The minimum Gasteiger partial charge on any atom is -0.382 e. The van der Waals surface area contributed by atoms with Crippen molar-refractivity contribution in [2.24, 2.45) is 5.92 Å². The molecule has 0 radical (unpaired) electrons. The second kappa shape index (κ2) is 8.45. The molecule has 3 N–H and O–H groups in total. The quantitative estimate of drug-likeness (QED) is 0.456. The van der Waals surface area contributed by atoms with Gasteiger partial charge in [0.25, 0.3) is 0 Å². The van der Waals surface area contributed by atoms with Crippen LogP contribution in [0.15, 0.2) is 35.6 Å². The van der Waals surface area contributed by atoms with Crippen LogP contribution in [0.2, 0.25) is 0 Å². The van der Waals surface area contributed by atoms with Crippen LogP contribution in [0.1, 0.15) is 36.7 Å². The summed E-state index contributed by atoms with van der Waals surface area (Å²) in [6.07, 6.45) is 1.34. The maximum atomic E-state index is 12.6. The summed E-state index contributed by atoms with van der Waals surface area (Å²) in [5.74, 6) is -0.200. The van der Waals surface area contributed by atoms with E-state index in [2.05, 4.69) is 15.3 Å². The molecule has 1 amide bonds. The molecule has 0 saturated heterocycles. The Morgan fingerprint density at radius 1 is 1.23 bits per heavy atom. The first-order chi connectivity index (χ1) is 12.3. The number of hydrogen-bond donors (Lipinski definition) is 2. The number of hydrogen-bond acceptors (Lipinski definition) is 7. The minimum absolute atomic E-state index is 0.0800. The van der Waals surface area contributed by atoms with Crippen LogP contribution in [0.25, 0.3) is 0 Å². The summed E-state index contributed by atoms with van der Waals surface area (Å²) in [5.41, 5.74) is 7.03. The van der Waals surface area contributed by atoms with Crippen molar-refractivity contribution >= 4 is 35.0 Å². The van der Waals surface area contributed by atoms with Crippen molar-refractivity contribution in [3.05, 3.63) is 41.6 Å². The molecule has 1 aromatic carbocycles. The van der Waals surface area contributed by atoms with E-state index in [4.69, 9.17) is 11.0 Å². The van der Waals surface area contributed by atoms with E-state index < -0.39 is 5.25 Å². The molecule has 1 heterocycles. The van der Waals surface area contributed by atoms with E-state index in [1.165, 1.54) is 18.0 Å². The Hall–Kier alpha value is -2.92.